The number of carbonyl (C=O) groups excluding carboxylic acids is 2. The average molecular weight is 529 g/mol. The van der Waals surface area contributed by atoms with Gasteiger partial charge in [-0.15, -0.1) is 0 Å². The molecule has 0 bridgehead atoms. The second kappa shape index (κ2) is 12.6. The average Bonchev–Trinajstić information content (AvgIpc) is 2.92. The Labute approximate surface area is 229 Å². The zero-order valence-electron chi connectivity index (χ0n) is 22.7. The molecule has 2 heterocycles. The predicted octanol–water partition coefficient (Wildman–Crippen LogP) is 4.66. The van der Waals surface area contributed by atoms with Gasteiger partial charge in [0.05, 0.1) is 0 Å². The molecule has 8 heteroatoms. The maximum absolute atomic E-state index is 13.0. The molecule has 1 fully saturated rings. The summed E-state index contributed by atoms with van der Waals surface area (Å²) in [7, 11) is 0. The monoisotopic (exact) mass is 528 g/mol. The molecule has 1 aromatic heterocycles. The van der Waals surface area contributed by atoms with Gasteiger partial charge in [0.1, 0.15) is 11.9 Å². The number of benzene rings is 2. The molecular weight excluding hydrogens is 492 g/mol. The van der Waals surface area contributed by atoms with Crippen molar-refractivity contribution in [2.45, 2.75) is 46.1 Å². The Balaban J connectivity index is 1.32. The van der Waals surface area contributed by atoms with E-state index < -0.39 is 17.9 Å². The zero-order valence-corrected chi connectivity index (χ0v) is 22.7. The van der Waals surface area contributed by atoms with Gasteiger partial charge in [-0.05, 0) is 92.6 Å². The smallest absolute Gasteiger partial charge is 0.326 e. The number of carboxylic acids is 1. The Hall–Kier alpha value is -4.20. The van der Waals surface area contributed by atoms with Crippen LogP contribution in [0, 0.1) is 19.8 Å². The van der Waals surface area contributed by atoms with Crippen LogP contribution in [0.2, 0.25) is 0 Å². The Morgan fingerprint density at radius 1 is 1.03 bits per heavy atom. The summed E-state index contributed by atoms with van der Waals surface area (Å²) in [4.78, 5) is 43.4. The van der Waals surface area contributed by atoms with Crippen molar-refractivity contribution in [2.75, 3.05) is 29.9 Å². The van der Waals surface area contributed by atoms with Crippen LogP contribution >= 0.6 is 0 Å². The molecule has 0 saturated carbocycles. The highest BCUT2D eigenvalue weighted by Gasteiger charge is 2.24. The van der Waals surface area contributed by atoms with Crippen molar-refractivity contribution >= 4 is 29.2 Å². The lowest BCUT2D eigenvalue weighted by atomic mass is 9.96. The van der Waals surface area contributed by atoms with E-state index >= 15 is 0 Å². The van der Waals surface area contributed by atoms with Gasteiger partial charge in [0.15, 0.2) is 5.78 Å². The first-order chi connectivity index (χ1) is 18.7. The van der Waals surface area contributed by atoms with Crippen LogP contribution in [0.3, 0.4) is 0 Å². The number of nitrogens with one attached hydrogen (secondary N) is 2. The molecule has 204 valence electrons. The van der Waals surface area contributed by atoms with E-state index in [1.807, 2.05) is 42.5 Å². The van der Waals surface area contributed by atoms with Crippen molar-refractivity contribution in [1.29, 1.82) is 0 Å². The van der Waals surface area contributed by atoms with E-state index in [1.165, 1.54) is 6.92 Å². The summed E-state index contributed by atoms with van der Waals surface area (Å²) < 4.78 is 0. The minimum atomic E-state index is -1.09. The predicted molar refractivity (Wildman–Crippen MR) is 153 cm³/mol. The fourth-order valence-electron chi connectivity index (χ4n) is 5.15. The second-order valence-corrected chi connectivity index (χ2v) is 10.3. The number of aliphatic carboxylic acids is 1. The van der Waals surface area contributed by atoms with Crippen LogP contribution in [0.4, 0.5) is 11.5 Å². The summed E-state index contributed by atoms with van der Waals surface area (Å²) >= 11 is 0. The van der Waals surface area contributed by atoms with E-state index in [4.69, 9.17) is 0 Å². The summed E-state index contributed by atoms with van der Waals surface area (Å²) in [5.41, 5.74) is 4.16. The number of rotatable bonds is 10. The summed E-state index contributed by atoms with van der Waals surface area (Å²) in [6.07, 6.45) is 4.13. The van der Waals surface area contributed by atoms with Crippen LogP contribution in [-0.2, 0) is 11.2 Å². The second-order valence-electron chi connectivity index (χ2n) is 10.3. The zero-order chi connectivity index (χ0) is 27.9. The summed E-state index contributed by atoms with van der Waals surface area (Å²) in [6, 6.07) is 16.0. The lowest BCUT2D eigenvalue weighted by molar-refractivity contribution is -0.139. The van der Waals surface area contributed by atoms with Crippen molar-refractivity contribution in [3.8, 4) is 0 Å². The van der Waals surface area contributed by atoms with Crippen LogP contribution in [0.5, 0.6) is 0 Å². The molecule has 0 radical (unpaired) electrons. The fraction of sp³-hybridized carbons (Fsp3) is 0.355. The highest BCUT2D eigenvalue weighted by Crippen LogP contribution is 2.24. The van der Waals surface area contributed by atoms with Gasteiger partial charge in [-0.25, -0.2) is 9.78 Å². The van der Waals surface area contributed by atoms with Crippen molar-refractivity contribution in [2.24, 2.45) is 5.92 Å². The fourth-order valence-corrected chi connectivity index (χ4v) is 5.15. The normalized spacial score (nSPS) is 14.5. The first kappa shape index (κ1) is 27.8. The molecular formula is C31H36N4O4. The molecule has 1 aliphatic heterocycles. The number of aryl methyl sites for hydroxylation is 2. The summed E-state index contributed by atoms with van der Waals surface area (Å²) in [5.74, 6) is -0.132. The van der Waals surface area contributed by atoms with Gasteiger partial charge in [-0.2, -0.15) is 0 Å². The third kappa shape index (κ3) is 7.22. The molecule has 8 nitrogen and oxygen atoms in total. The summed E-state index contributed by atoms with van der Waals surface area (Å²) in [5, 5.41) is 15.9. The lowest BCUT2D eigenvalue weighted by Gasteiger charge is -2.34. The van der Waals surface area contributed by atoms with E-state index in [0.717, 1.165) is 49.5 Å². The molecule has 0 aliphatic carbocycles. The quantitative estimate of drug-likeness (QED) is 0.328. The topological polar surface area (TPSA) is 112 Å². The molecule has 39 heavy (non-hydrogen) atoms. The van der Waals surface area contributed by atoms with Gasteiger partial charge >= 0.3 is 5.97 Å². The molecule has 1 atom stereocenters. The Morgan fingerprint density at radius 2 is 1.69 bits per heavy atom. The standard InChI is InChI=1S/C31H36N4O4/c1-20-16-25(22(3)36)17-21(2)29(20)30(37)34-27(31(38)39)18-23-7-9-26(10-8-23)35-14-11-24(12-15-35)19-33-28-6-4-5-13-32-28/h4-10,13,16-17,24,27H,11-12,14-15,18-19H2,1-3H3,(H,32,33)(H,34,37)(H,38,39). The number of pyridine rings is 1. The minimum absolute atomic E-state index is 0.0815. The molecule has 0 spiro atoms. The van der Waals surface area contributed by atoms with Gasteiger partial charge in [0.2, 0.25) is 0 Å². The van der Waals surface area contributed by atoms with Gasteiger partial charge < -0.3 is 20.6 Å². The first-order valence-corrected chi connectivity index (χ1v) is 13.4. The molecule has 4 rings (SSSR count). The molecule has 1 unspecified atom stereocenters. The van der Waals surface area contributed by atoms with Crippen molar-refractivity contribution in [3.63, 3.8) is 0 Å². The minimum Gasteiger partial charge on any atom is -0.480 e. The van der Waals surface area contributed by atoms with Crippen molar-refractivity contribution < 1.29 is 19.5 Å². The number of aromatic nitrogens is 1. The lowest BCUT2D eigenvalue weighted by Crippen LogP contribution is -2.42. The van der Waals surface area contributed by atoms with E-state index in [1.54, 1.807) is 32.2 Å². The number of carbonyl (C=O) groups is 3. The maximum atomic E-state index is 13.0. The Bertz CT molecular complexity index is 1290. The van der Waals surface area contributed by atoms with Crippen LogP contribution in [0.15, 0.2) is 60.8 Å². The van der Waals surface area contributed by atoms with Crippen molar-refractivity contribution in [1.82, 2.24) is 10.3 Å². The number of anilines is 2. The largest absolute Gasteiger partial charge is 0.480 e. The van der Waals surface area contributed by atoms with E-state index in [-0.39, 0.29) is 12.2 Å². The highest BCUT2D eigenvalue weighted by molar-refractivity contribution is 6.01. The number of hydrogen-bond donors (Lipinski definition) is 3. The van der Waals surface area contributed by atoms with Crippen LogP contribution in [0.1, 0.15) is 57.2 Å². The van der Waals surface area contributed by atoms with Gasteiger partial charge in [0, 0.05) is 49.1 Å². The number of hydrogen-bond acceptors (Lipinski definition) is 6. The third-order valence-corrected chi connectivity index (χ3v) is 7.36. The molecule has 3 aromatic rings. The van der Waals surface area contributed by atoms with Gasteiger partial charge in [-0.3, -0.25) is 9.59 Å². The van der Waals surface area contributed by atoms with Crippen LogP contribution < -0.4 is 15.5 Å². The molecule has 1 saturated heterocycles. The number of ketones is 1. The number of amides is 1. The Kier molecular flexibility index (Phi) is 8.96. The third-order valence-electron chi connectivity index (χ3n) is 7.36. The van der Waals surface area contributed by atoms with E-state index in [2.05, 4.69) is 20.5 Å². The summed E-state index contributed by atoms with van der Waals surface area (Å²) in [6.45, 7) is 7.81. The van der Waals surface area contributed by atoms with E-state index in [0.29, 0.717) is 28.2 Å². The van der Waals surface area contributed by atoms with Gasteiger partial charge in [-0.1, -0.05) is 18.2 Å². The Morgan fingerprint density at radius 3 is 2.26 bits per heavy atom. The van der Waals surface area contributed by atoms with Gasteiger partial charge in [0.25, 0.3) is 5.91 Å². The first-order valence-electron chi connectivity index (χ1n) is 13.4. The number of piperidine rings is 1. The number of carboxylic acid groups (broad SMARTS) is 1. The van der Waals surface area contributed by atoms with E-state index in [9.17, 15) is 19.5 Å². The van der Waals surface area contributed by atoms with Crippen LogP contribution in [-0.4, -0.2) is 53.4 Å². The highest BCUT2D eigenvalue weighted by atomic mass is 16.4. The van der Waals surface area contributed by atoms with Crippen LogP contribution in [0.25, 0.3) is 0 Å². The molecule has 1 aliphatic rings. The molecule has 2 aromatic carbocycles. The molecule has 3 N–H and O–H groups in total. The SMILES string of the molecule is CC(=O)c1cc(C)c(C(=O)NC(Cc2ccc(N3CCC(CNc4ccccn4)CC3)cc2)C(=O)O)c(C)c1. The molecule has 1 amide bonds. The number of Topliss-reactive ketones (excluding diaryl/α,β-unsaturated/α-hetero) is 1. The maximum Gasteiger partial charge on any atom is 0.326 e. The van der Waals surface area contributed by atoms with Crippen molar-refractivity contribution in [3.05, 3.63) is 88.6 Å². The number of nitrogens with zero attached hydrogens (tertiary/aromatic N) is 2.